The van der Waals surface area contributed by atoms with E-state index in [0.717, 1.165) is 22.0 Å². The first-order chi connectivity index (χ1) is 19.5. The number of aromatic amines is 1. The zero-order valence-electron chi connectivity index (χ0n) is 22.6. The van der Waals surface area contributed by atoms with Crippen molar-refractivity contribution in [1.82, 2.24) is 20.5 Å². The summed E-state index contributed by atoms with van der Waals surface area (Å²) in [5, 5.41) is 34.7. The molecular formula is C29H35N5O7. The van der Waals surface area contributed by atoms with Gasteiger partial charge in [-0.1, -0.05) is 30.3 Å². The molecule has 3 amide bonds. The number of fused-ring (bicyclic) bond motifs is 1. The highest BCUT2D eigenvalue weighted by Gasteiger charge is 2.40. The van der Waals surface area contributed by atoms with Crippen LogP contribution in [-0.2, 0) is 32.0 Å². The second-order valence-electron chi connectivity index (χ2n) is 10.4. The van der Waals surface area contributed by atoms with Crippen LogP contribution in [0.5, 0.6) is 5.75 Å². The Labute approximate surface area is 236 Å². The minimum absolute atomic E-state index is 0.0866. The molecule has 1 aliphatic rings. The number of para-hydroxylation sites is 1. The molecule has 12 heteroatoms. The number of amides is 3. The molecule has 3 aromatic rings. The van der Waals surface area contributed by atoms with Crippen LogP contribution in [-0.4, -0.2) is 85.7 Å². The van der Waals surface area contributed by atoms with Gasteiger partial charge in [0.15, 0.2) is 6.04 Å². The zero-order chi connectivity index (χ0) is 29.7. The molecule has 5 unspecified atom stereocenters. The first-order valence-electron chi connectivity index (χ1n) is 13.5. The van der Waals surface area contributed by atoms with E-state index in [-0.39, 0.29) is 25.1 Å². The third kappa shape index (κ3) is 7.02. The summed E-state index contributed by atoms with van der Waals surface area (Å²) in [5.41, 5.74) is 8.57. The van der Waals surface area contributed by atoms with Crippen LogP contribution in [0.3, 0.4) is 0 Å². The van der Waals surface area contributed by atoms with Crippen molar-refractivity contribution in [2.75, 3.05) is 6.54 Å². The number of aromatic nitrogens is 1. The van der Waals surface area contributed by atoms with E-state index in [2.05, 4.69) is 15.6 Å². The maximum atomic E-state index is 13.9. The molecule has 1 fully saturated rings. The van der Waals surface area contributed by atoms with Crippen LogP contribution in [0.1, 0.15) is 30.9 Å². The number of benzene rings is 2. The molecule has 0 spiro atoms. The van der Waals surface area contributed by atoms with E-state index in [1.807, 2.05) is 24.3 Å². The van der Waals surface area contributed by atoms with Gasteiger partial charge in [0.05, 0.1) is 12.1 Å². The van der Waals surface area contributed by atoms with Crippen LogP contribution in [0, 0.1) is 0 Å². The monoisotopic (exact) mass is 565 g/mol. The number of carboxylic acid groups (broad SMARTS) is 1. The molecule has 2 heterocycles. The van der Waals surface area contributed by atoms with Gasteiger partial charge in [-0.15, -0.1) is 0 Å². The molecule has 218 valence electrons. The number of aliphatic carboxylic acids is 1. The lowest BCUT2D eigenvalue weighted by molar-refractivity contribution is -0.147. The predicted molar refractivity (Wildman–Crippen MR) is 150 cm³/mol. The number of hydrogen-bond acceptors (Lipinski definition) is 7. The van der Waals surface area contributed by atoms with E-state index in [1.54, 1.807) is 18.3 Å². The summed E-state index contributed by atoms with van der Waals surface area (Å²) in [6.45, 7) is 1.49. The van der Waals surface area contributed by atoms with Gasteiger partial charge in [0.25, 0.3) is 0 Å². The molecule has 1 saturated heterocycles. The fourth-order valence-electron chi connectivity index (χ4n) is 5.12. The van der Waals surface area contributed by atoms with Crippen LogP contribution >= 0.6 is 0 Å². The SMILES string of the molecule is CC(O)C(NC(=O)C1CCCN1C(=O)C(Cc1c[nH]c2ccccc12)NC(=O)C(N)Cc1ccc(O)cc1)C(=O)O. The number of carbonyl (C=O) groups excluding carboxylic acids is 3. The third-order valence-electron chi connectivity index (χ3n) is 7.33. The Morgan fingerprint density at radius 2 is 1.78 bits per heavy atom. The number of H-pyrrole nitrogens is 1. The minimum Gasteiger partial charge on any atom is -0.508 e. The summed E-state index contributed by atoms with van der Waals surface area (Å²) >= 11 is 0. The Kier molecular flexibility index (Phi) is 9.25. The number of hydrogen-bond donors (Lipinski definition) is 7. The van der Waals surface area contributed by atoms with E-state index in [1.165, 1.54) is 24.0 Å². The molecule has 41 heavy (non-hydrogen) atoms. The fourth-order valence-corrected chi connectivity index (χ4v) is 5.12. The van der Waals surface area contributed by atoms with Crippen LogP contribution in [0.4, 0.5) is 0 Å². The van der Waals surface area contributed by atoms with Crippen molar-refractivity contribution >= 4 is 34.6 Å². The van der Waals surface area contributed by atoms with Gasteiger partial charge < -0.3 is 41.6 Å². The number of aliphatic hydroxyl groups excluding tert-OH is 1. The number of carboxylic acids is 1. The van der Waals surface area contributed by atoms with E-state index >= 15 is 0 Å². The van der Waals surface area contributed by atoms with Crippen molar-refractivity contribution in [1.29, 1.82) is 0 Å². The minimum atomic E-state index is -1.53. The number of phenols is 1. The molecule has 12 nitrogen and oxygen atoms in total. The standard InChI is InChI=1S/C29H35N5O7/c1-16(35)25(29(40)41)33-27(38)24-7-4-12-34(24)28(39)23(14-18-15-31-22-6-3-2-5-20(18)22)32-26(37)21(30)13-17-8-10-19(36)11-9-17/h2-3,5-6,8-11,15-16,21,23-25,31,35-36H,4,7,12-14,30H2,1H3,(H,32,37)(H,33,38)(H,40,41). The molecule has 0 radical (unpaired) electrons. The molecule has 2 aromatic carbocycles. The summed E-state index contributed by atoms with van der Waals surface area (Å²) in [6.07, 6.45) is 1.52. The number of nitrogens with one attached hydrogen (secondary N) is 3. The maximum Gasteiger partial charge on any atom is 0.328 e. The largest absolute Gasteiger partial charge is 0.508 e. The van der Waals surface area contributed by atoms with Crippen LogP contribution in [0.2, 0.25) is 0 Å². The molecule has 1 aliphatic heterocycles. The first-order valence-corrected chi connectivity index (χ1v) is 13.5. The topological polar surface area (TPSA) is 198 Å². The number of carbonyl (C=O) groups is 4. The predicted octanol–water partition coefficient (Wildman–Crippen LogP) is 0.412. The Balaban J connectivity index is 1.55. The molecule has 4 rings (SSSR count). The van der Waals surface area contributed by atoms with Crippen molar-refractivity contribution in [3.8, 4) is 5.75 Å². The van der Waals surface area contributed by atoms with Gasteiger partial charge in [-0.2, -0.15) is 0 Å². The number of phenolic OH excluding ortho intramolecular Hbond substituents is 1. The van der Waals surface area contributed by atoms with Crippen molar-refractivity contribution < 1.29 is 34.5 Å². The fraction of sp³-hybridized carbons (Fsp3) is 0.379. The Morgan fingerprint density at radius 3 is 2.46 bits per heavy atom. The number of likely N-dealkylation sites (tertiary alicyclic amines) is 1. The number of rotatable bonds is 11. The molecule has 5 atom stereocenters. The van der Waals surface area contributed by atoms with Crippen molar-refractivity contribution in [3.05, 3.63) is 65.9 Å². The van der Waals surface area contributed by atoms with Gasteiger partial charge in [0.1, 0.15) is 17.8 Å². The maximum absolute atomic E-state index is 13.9. The Bertz CT molecular complexity index is 1400. The van der Waals surface area contributed by atoms with Gasteiger partial charge in [-0.3, -0.25) is 14.4 Å². The number of aromatic hydroxyl groups is 1. The second kappa shape index (κ2) is 12.8. The molecule has 0 saturated carbocycles. The lowest BCUT2D eigenvalue weighted by Crippen LogP contribution is -2.58. The second-order valence-corrected chi connectivity index (χ2v) is 10.4. The highest BCUT2D eigenvalue weighted by atomic mass is 16.4. The quantitative estimate of drug-likeness (QED) is 0.173. The lowest BCUT2D eigenvalue weighted by Gasteiger charge is -2.30. The normalized spacial score (nSPS) is 17.9. The lowest BCUT2D eigenvalue weighted by atomic mass is 10.0. The van der Waals surface area contributed by atoms with E-state index in [0.29, 0.717) is 12.8 Å². The van der Waals surface area contributed by atoms with Gasteiger partial charge >= 0.3 is 5.97 Å². The van der Waals surface area contributed by atoms with Crippen molar-refractivity contribution in [2.45, 2.75) is 62.9 Å². The average molecular weight is 566 g/mol. The summed E-state index contributed by atoms with van der Waals surface area (Å²) in [7, 11) is 0. The van der Waals surface area contributed by atoms with Crippen LogP contribution < -0.4 is 16.4 Å². The van der Waals surface area contributed by atoms with Gasteiger partial charge in [-0.05, 0) is 55.5 Å². The summed E-state index contributed by atoms with van der Waals surface area (Å²) < 4.78 is 0. The first kappa shape index (κ1) is 29.6. The van der Waals surface area contributed by atoms with Gasteiger partial charge in [0.2, 0.25) is 17.7 Å². The molecule has 0 bridgehead atoms. The van der Waals surface area contributed by atoms with E-state index in [9.17, 15) is 34.5 Å². The smallest absolute Gasteiger partial charge is 0.328 e. The molecule has 0 aliphatic carbocycles. The molecular weight excluding hydrogens is 530 g/mol. The summed E-state index contributed by atoms with van der Waals surface area (Å²) in [6, 6.07) is 9.29. The Morgan fingerprint density at radius 1 is 1.07 bits per heavy atom. The molecule has 8 N–H and O–H groups in total. The summed E-state index contributed by atoms with van der Waals surface area (Å²) in [5.74, 6) is -3.05. The highest BCUT2D eigenvalue weighted by molar-refractivity contribution is 5.95. The van der Waals surface area contributed by atoms with Gasteiger partial charge in [0, 0.05) is 30.1 Å². The molecule has 1 aromatic heterocycles. The number of nitrogens with two attached hydrogens (primary N) is 1. The highest BCUT2D eigenvalue weighted by Crippen LogP contribution is 2.23. The number of nitrogens with zero attached hydrogens (tertiary/aromatic N) is 1. The van der Waals surface area contributed by atoms with E-state index < -0.39 is 54.0 Å². The third-order valence-corrected chi connectivity index (χ3v) is 7.33. The summed E-state index contributed by atoms with van der Waals surface area (Å²) in [4.78, 5) is 56.2. The van der Waals surface area contributed by atoms with Crippen molar-refractivity contribution in [2.24, 2.45) is 5.73 Å². The Hall–Kier alpha value is -4.42. The van der Waals surface area contributed by atoms with Gasteiger partial charge in [-0.25, -0.2) is 4.79 Å². The van der Waals surface area contributed by atoms with E-state index in [4.69, 9.17) is 5.73 Å². The zero-order valence-corrected chi connectivity index (χ0v) is 22.6. The van der Waals surface area contributed by atoms with Crippen LogP contribution in [0.15, 0.2) is 54.7 Å². The van der Waals surface area contributed by atoms with Crippen LogP contribution in [0.25, 0.3) is 10.9 Å². The average Bonchev–Trinajstić information content (AvgIpc) is 3.59. The number of aliphatic hydroxyl groups is 1. The van der Waals surface area contributed by atoms with Crippen molar-refractivity contribution in [3.63, 3.8) is 0 Å².